The van der Waals surface area contributed by atoms with E-state index < -0.39 is 10.8 Å². The van der Waals surface area contributed by atoms with E-state index in [2.05, 4.69) is 5.32 Å². The van der Waals surface area contributed by atoms with E-state index in [4.69, 9.17) is 11.6 Å². The van der Waals surface area contributed by atoms with Crippen LogP contribution in [0.3, 0.4) is 0 Å². The highest BCUT2D eigenvalue weighted by Crippen LogP contribution is 2.25. The number of carbonyl (C=O) groups excluding carboxylic acids is 1. The van der Waals surface area contributed by atoms with Crippen molar-refractivity contribution in [3.63, 3.8) is 0 Å². The van der Waals surface area contributed by atoms with Gasteiger partial charge in [-0.25, -0.2) is 0 Å². The SMILES string of the molecule is O=C(Nc1ccc(-c2ccc(-n3cccc3)cc2)cc1)c1cc([N+](=O)[O-])ccc1Cl. The van der Waals surface area contributed by atoms with E-state index in [1.54, 1.807) is 12.1 Å². The summed E-state index contributed by atoms with van der Waals surface area (Å²) in [5.41, 5.74) is 3.54. The first-order valence-corrected chi connectivity index (χ1v) is 9.48. The average Bonchev–Trinajstić information content (AvgIpc) is 3.29. The largest absolute Gasteiger partial charge is 0.324 e. The first-order chi connectivity index (χ1) is 14.5. The number of aromatic nitrogens is 1. The van der Waals surface area contributed by atoms with Gasteiger partial charge in [0.15, 0.2) is 0 Å². The van der Waals surface area contributed by atoms with E-state index in [9.17, 15) is 14.9 Å². The Bertz CT molecular complexity index is 1200. The number of benzene rings is 3. The molecule has 0 saturated heterocycles. The zero-order valence-electron chi connectivity index (χ0n) is 15.7. The minimum atomic E-state index is -0.566. The van der Waals surface area contributed by atoms with E-state index in [0.717, 1.165) is 16.8 Å². The number of rotatable bonds is 5. The van der Waals surface area contributed by atoms with Crippen LogP contribution in [0.1, 0.15) is 10.4 Å². The molecule has 30 heavy (non-hydrogen) atoms. The molecule has 6 nitrogen and oxygen atoms in total. The average molecular weight is 418 g/mol. The van der Waals surface area contributed by atoms with Gasteiger partial charge in [0.2, 0.25) is 0 Å². The van der Waals surface area contributed by atoms with E-state index in [-0.39, 0.29) is 16.3 Å². The molecular formula is C23H16ClN3O3. The predicted molar refractivity (Wildman–Crippen MR) is 117 cm³/mol. The van der Waals surface area contributed by atoms with Crippen LogP contribution in [0.25, 0.3) is 16.8 Å². The van der Waals surface area contributed by atoms with Crippen molar-refractivity contribution in [2.75, 3.05) is 5.32 Å². The van der Waals surface area contributed by atoms with Gasteiger partial charge in [0.05, 0.1) is 15.5 Å². The predicted octanol–water partition coefficient (Wildman–Crippen LogP) is 5.96. The first-order valence-electron chi connectivity index (χ1n) is 9.10. The smallest absolute Gasteiger partial charge is 0.270 e. The summed E-state index contributed by atoms with van der Waals surface area (Å²) in [7, 11) is 0. The number of nitrogens with one attached hydrogen (secondary N) is 1. The number of non-ortho nitro benzene ring substituents is 1. The van der Waals surface area contributed by atoms with Gasteiger partial charge < -0.3 is 9.88 Å². The number of carbonyl (C=O) groups is 1. The second-order valence-corrected chi connectivity index (χ2v) is 7.00. The maximum atomic E-state index is 12.5. The van der Waals surface area contributed by atoms with Crippen LogP contribution in [-0.2, 0) is 0 Å². The number of nitro groups is 1. The summed E-state index contributed by atoms with van der Waals surface area (Å²) in [6.45, 7) is 0. The summed E-state index contributed by atoms with van der Waals surface area (Å²) in [6, 6.07) is 23.2. The highest BCUT2D eigenvalue weighted by molar-refractivity contribution is 6.34. The molecule has 4 rings (SSSR count). The molecule has 7 heteroatoms. The van der Waals surface area contributed by atoms with Crippen molar-refractivity contribution in [1.29, 1.82) is 0 Å². The minimum Gasteiger partial charge on any atom is -0.324 e. The summed E-state index contributed by atoms with van der Waals surface area (Å²) >= 11 is 6.03. The lowest BCUT2D eigenvalue weighted by molar-refractivity contribution is -0.384. The molecule has 0 atom stereocenters. The van der Waals surface area contributed by atoms with Crippen molar-refractivity contribution >= 4 is 28.9 Å². The fourth-order valence-corrected chi connectivity index (χ4v) is 3.28. The van der Waals surface area contributed by atoms with Crippen molar-refractivity contribution in [2.45, 2.75) is 0 Å². The van der Waals surface area contributed by atoms with Crippen LogP contribution in [0, 0.1) is 10.1 Å². The topological polar surface area (TPSA) is 77.2 Å². The summed E-state index contributed by atoms with van der Waals surface area (Å²) < 4.78 is 2.03. The maximum absolute atomic E-state index is 12.5. The standard InChI is InChI=1S/C23H16ClN3O3/c24-22-12-11-20(27(29)30)15-21(22)23(28)25-18-7-3-16(4-8-18)17-5-9-19(10-6-17)26-13-1-2-14-26/h1-15H,(H,25,28). The fourth-order valence-electron chi connectivity index (χ4n) is 3.08. The molecule has 0 bridgehead atoms. The van der Waals surface area contributed by atoms with Crippen molar-refractivity contribution in [3.05, 3.63) is 112 Å². The lowest BCUT2D eigenvalue weighted by Crippen LogP contribution is -2.12. The molecule has 4 aromatic rings. The van der Waals surface area contributed by atoms with Crippen LogP contribution in [0.15, 0.2) is 91.3 Å². The van der Waals surface area contributed by atoms with Crippen molar-refractivity contribution in [1.82, 2.24) is 4.57 Å². The number of nitrogens with zero attached hydrogens (tertiary/aromatic N) is 2. The molecule has 1 aromatic heterocycles. The van der Waals surface area contributed by atoms with Crippen molar-refractivity contribution in [2.24, 2.45) is 0 Å². The van der Waals surface area contributed by atoms with E-state index >= 15 is 0 Å². The second kappa shape index (κ2) is 8.23. The van der Waals surface area contributed by atoms with Gasteiger partial charge in [-0.05, 0) is 53.6 Å². The Morgan fingerprint density at radius 2 is 1.50 bits per heavy atom. The lowest BCUT2D eigenvalue weighted by atomic mass is 10.0. The van der Waals surface area contributed by atoms with Gasteiger partial charge in [0.25, 0.3) is 11.6 Å². The molecule has 1 N–H and O–H groups in total. The normalized spacial score (nSPS) is 10.6. The number of halogens is 1. The van der Waals surface area contributed by atoms with Crippen LogP contribution in [0.4, 0.5) is 11.4 Å². The molecule has 3 aromatic carbocycles. The highest BCUT2D eigenvalue weighted by atomic mass is 35.5. The van der Waals surface area contributed by atoms with Crippen LogP contribution in [-0.4, -0.2) is 15.4 Å². The Hall–Kier alpha value is -3.90. The number of amides is 1. The van der Waals surface area contributed by atoms with Gasteiger partial charge in [-0.3, -0.25) is 14.9 Å². The molecule has 0 fully saturated rings. The van der Waals surface area contributed by atoms with Crippen LogP contribution in [0.2, 0.25) is 5.02 Å². The Morgan fingerprint density at radius 3 is 2.10 bits per heavy atom. The van der Waals surface area contributed by atoms with Gasteiger partial charge in [0.1, 0.15) is 0 Å². The van der Waals surface area contributed by atoms with Gasteiger partial charge in [-0.15, -0.1) is 0 Å². The van der Waals surface area contributed by atoms with Crippen LogP contribution in [0.5, 0.6) is 0 Å². The Kier molecular flexibility index (Phi) is 5.32. The van der Waals surface area contributed by atoms with Crippen molar-refractivity contribution in [3.8, 4) is 16.8 Å². The van der Waals surface area contributed by atoms with Gasteiger partial charge in [-0.2, -0.15) is 0 Å². The maximum Gasteiger partial charge on any atom is 0.270 e. The Morgan fingerprint density at radius 1 is 0.900 bits per heavy atom. The molecule has 0 spiro atoms. The molecule has 1 heterocycles. The number of hydrogen-bond donors (Lipinski definition) is 1. The van der Waals surface area contributed by atoms with E-state index in [1.807, 2.05) is 65.5 Å². The Balaban J connectivity index is 1.49. The lowest BCUT2D eigenvalue weighted by Gasteiger charge is -2.09. The molecule has 0 aliphatic heterocycles. The molecule has 148 valence electrons. The third-order valence-electron chi connectivity index (χ3n) is 4.65. The molecule has 0 radical (unpaired) electrons. The number of anilines is 1. The summed E-state index contributed by atoms with van der Waals surface area (Å²) in [5.74, 6) is -0.507. The molecule has 0 aliphatic rings. The summed E-state index contributed by atoms with van der Waals surface area (Å²) in [4.78, 5) is 22.9. The molecule has 1 amide bonds. The van der Waals surface area contributed by atoms with Crippen molar-refractivity contribution < 1.29 is 9.72 Å². The monoisotopic (exact) mass is 417 g/mol. The molecule has 0 aliphatic carbocycles. The highest BCUT2D eigenvalue weighted by Gasteiger charge is 2.16. The van der Waals surface area contributed by atoms with Gasteiger partial charge in [0, 0.05) is 35.9 Å². The Labute approximate surface area is 177 Å². The zero-order chi connectivity index (χ0) is 21.1. The van der Waals surface area contributed by atoms with Crippen LogP contribution >= 0.6 is 11.6 Å². The van der Waals surface area contributed by atoms with Crippen LogP contribution < -0.4 is 5.32 Å². The quantitative estimate of drug-likeness (QED) is 0.321. The summed E-state index contributed by atoms with van der Waals surface area (Å²) in [6.07, 6.45) is 3.97. The molecule has 0 unspecified atom stereocenters. The summed E-state index contributed by atoms with van der Waals surface area (Å²) in [5, 5.41) is 13.8. The third kappa shape index (κ3) is 4.09. The number of hydrogen-bond acceptors (Lipinski definition) is 3. The van der Waals surface area contributed by atoms with Gasteiger partial charge in [-0.1, -0.05) is 35.9 Å². The molecule has 0 saturated carbocycles. The minimum absolute atomic E-state index is 0.0514. The fraction of sp³-hybridized carbons (Fsp3) is 0. The third-order valence-corrected chi connectivity index (χ3v) is 4.98. The second-order valence-electron chi connectivity index (χ2n) is 6.59. The first kappa shape index (κ1) is 19.4. The molecular weight excluding hydrogens is 402 g/mol. The van der Waals surface area contributed by atoms with E-state index in [0.29, 0.717) is 5.69 Å². The van der Waals surface area contributed by atoms with Gasteiger partial charge >= 0.3 is 0 Å². The number of nitro benzene ring substituents is 1. The zero-order valence-corrected chi connectivity index (χ0v) is 16.4. The van der Waals surface area contributed by atoms with E-state index in [1.165, 1.54) is 18.2 Å².